The molecule has 0 saturated carbocycles. The highest BCUT2D eigenvalue weighted by atomic mass is 79.9. The quantitative estimate of drug-likeness (QED) is 0.938. The van der Waals surface area contributed by atoms with Crippen LogP contribution in [0.4, 0.5) is 5.82 Å². The van der Waals surface area contributed by atoms with Gasteiger partial charge in [-0.3, -0.25) is 0 Å². The summed E-state index contributed by atoms with van der Waals surface area (Å²) in [4.78, 5) is 7.89. The van der Waals surface area contributed by atoms with E-state index in [0.29, 0.717) is 16.2 Å². The number of nitrogens with two attached hydrogens (primary N) is 1. The fourth-order valence-corrected chi connectivity index (χ4v) is 1.85. The maximum Gasteiger partial charge on any atom is 0.238 e. The number of aromatic nitrogens is 2. The van der Waals surface area contributed by atoms with Crippen molar-refractivity contribution in [1.82, 2.24) is 9.97 Å². The van der Waals surface area contributed by atoms with Gasteiger partial charge in [0.25, 0.3) is 0 Å². The van der Waals surface area contributed by atoms with Crippen molar-refractivity contribution in [2.75, 3.05) is 5.73 Å². The molecule has 0 saturated heterocycles. The third-order valence-corrected chi connectivity index (χ3v) is 3.21. The van der Waals surface area contributed by atoms with E-state index in [1.54, 1.807) is 0 Å². The van der Waals surface area contributed by atoms with Crippen molar-refractivity contribution in [2.24, 2.45) is 0 Å². The van der Waals surface area contributed by atoms with Crippen LogP contribution in [0, 0.1) is 0 Å². The Balaban J connectivity index is 2.16. The van der Waals surface area contributed by atoms with Crippen molar-refractivity contribution in [3.63, 3.8) is 0 Å². The van der Waals surface area contributed by atoms with Crippen molar-refractivity contribution in [1.29, 1.82) is 0 Å². The lowest BCUT2D eigenvalue weighted by atomic mass is 10.1. The average molecular weight is 308 g/mol. The van der Waals surface area contributed by atoms with Crippen LogP contribution in [0.5, 0.6) is 11.6 Å². The molecule has 2 N–H and O–H groups in total. The van der Waals surface area contributed by atoms with Gasteiger partial charge >= 0.3 is 0 Å². The molecule has 0 aliphatic carbocycles. The van der Waals surface area contributed by atoms with E-state index in [0.717, 1.165) is 18.6 Å². The zero-order chi connectivity index (χ0) is 13.0. The van der Waals surface area contributed by atoms with Gasteiger partial charge in [0.2, 0.25) is 5.88 Å². The Morgan fingerprint density at radius 3 is 2.61 bits per heavy atom. The summed E-state index contributed by atoms with van der Waals surface area (Å²) < 4.78 is 6.22. The summed E-state index contributed by atoms with van der Waals surface area (Å²) in [7, 11) is 0. The van der Waals surface area contributed by atoms with Crippen LogP contribution < -0.4 is 10.5 Å². The largest absolute Gasteiger partial charge is 0.438 e. The minimum atomic E-state index is 0.364. The van der Waals surface area contributed by atoms with E-state index >= 15 is 0 Å². The second-order valence-corrected chi connectivity index (χ2v) is 4.67. The molecule has 5 heteroatoms. The SMILES string of the molecule is CCCc1ccc(Oc2ncnc(N)c2Br)cc1. The van der Waals surface area contributed by atoms with E-state index in [2.05, 4.69) is 45.0 Å². The summed E-state index contributed by atoms with van der Waals surface area (Å²) in [5.74, 6) is 1.52. The molecule has 0 radical (unpaired) electrons. The Morgan fingerprint density at radius 1 is 1.22 bits per heavy atom. The van der Waals surface area contributed by atoms with E-state index in [1.165, 1.54) is 11.9 Å². The molecule has 0 aliphatic heterocycles. The number of hydrogen-bond acceptors (Lipinski definition) is 4. The molecule has 0 bridgehead atoms. The highest BCUT2D eigenvalue weighted by molar-refractivity contribution is 9.10. The third kappa shape index (κ3) is 2.98. The summed E-state index contributed by atoms with van der Waals surface area (Å²) >= 11 is 3.30. The number of aryl methyl sites for hydroxylation is 1. The number of halogens is 1. The highest BCUT2D eigenvalue weighted by Gasteiger charge is 2.08. The fraction of sp³-hybridized carbons (Fsp3) is 0.231. The van der Waals surface area contributed by atoms with Crippen molar-refractivity contribution in [3.8, 4) is 11.6 Å². The van der Waals surface area contributed by atoms with E-state index < -0.39 is 0 Å². The molecule has 18 heavy (non-hydrogen) atoms. The van der Waals surface area contributed by atoms with Crippen LogP contribution in [0.15, 0.2) is 35.1 Å². The molecular weight excluding hydrogens is 294 g/mol. The van der Waals surface area contributed by atoms with Crippen molar-refractivity contribution in [3.05, 3.63) is 40.6 Å². The van der Waals surface area contributed by atoms with E-state index in [1.807, 2.05) is 12.1 Å². The minimum absolute atomic E-state index is 0.364. The third-order valence-electron chi connectivity index (χ3n) is 2.46. The van der Waals surface area contributed by atoms with Crippen LogP contribution in [-0.2, 0) is 6.42 Å². The Hall–Kier alpha value is -1.62. The van der Waals surface area contributed by atoms with Gasteiger partial charge < -0.3 is 10.5 Å². The number of nitrogens with zero attached hydrogens (tertiary/aromatic N) is 2. The van der Waals surface area contributed by atoms with Crippen molar-refractivity contribution < 1.29 is 4.74 Å². The average Bonchev–Trinajstić information content (AvgIpc) is 2.38. The first kappa shape index (κ1) is 12.8. The van der Waals surface area contributed by atoms with Gasteiger partial charge in [0, 0.05) is 0 Å². The minimum Gasteiger partial charge on any atom is -0.438 e. The Labute approximate surface area is 114 Å². The maximum atomic E-state index is 5.66. The first-order valence-electron chi connectivity index (χ1n) is 5.73. The molecule has 0 atom stereocenters. The normalized spacial score (nSPS) is 10.3. The van der Waals surface area contributed by atoms with Crippen LogP contribution in [0.25, 0.3) is 0 Å². The van der Waals surface area contributed by atoms with Crippen LogP contribution in [-0.4, -0.2) is 9.97 Å². The molecule has 0 spiro atoms. The summed E-state index contributed by atoms with van der Waals surface area (Å²) in [5.41, 5.74) is 6.96. The van der Waals surface area contributed by atoms with Crippen LogP contribution in [0.3, 0.4) is 0 Å². The molecule has 0 amide bonds. The van der Waals surface area contributed by atoms with Gasteiger partial charge in [0.15, 0.2) is 0 Å². The van der Waals surface area contributed by atoms with Gasteiger partial charge in [-0.25, -0.2) is 9.97 Å². The molecule has 2 rings (SSSR count). The van der Waals surface area contributed by atoms with Gasteiger partial charge in [-0.15, -0.1) is 0 Å². The number of ether oxygens (including phenoxy) is 1. The van der Waals surface area contributed by atoms with E-state index in [-0.39, 0.29) is 0 Å². The molecule has 0 unspecified atom stereocenters. The predicted molar refractivity (Wildman–Crippen MR) is 74.7 cm³/mol. The van der Waals surface area contributed by atoms with Gasteiger partial charge in [-0.05, 0) is 40.0 Å². The lowest BCUT2D eigenvalue weighted by molar-refractivity contribution is 0.458. The molecule has 1 aromatic heterocycles. The standard InChI is InChI=1S/C13H14BrN3O/c1-2-3-9-4-6-10(7-5-9)18-13-11(14)12(15)16-8-17-13/h4-8H,2-3H2,1H3,(H2,15,16,17). The van der Waals surface area contributed by atoms with Crippen LogP contribution >= 0.6 is 15.9 Å². The second kappa shape index (κ2) is 5.82. The lowest BCUT2D eigenvalue weighted by Crippen LogP contribution is -1.96. The van der Waals surface area contributed by atoms with E-state index in [9.17, 15) is 0 Å². The molecule has 0 fully saturated rings. The number of benzene rings is 1. The number of anilines is 1. The molecule has 1 aromatic carbocycles. The topological polar surface area (TPSA) is 61.0 Å². The number of rotatable bonds is 4. The summed E-state index contributed by atoms with van der Waals surface area (Å²) in [6.45, 7) is 2.16. The smallest absolute Gasteiger partial charge is 0.238 e. The first-order valence-corrected chi connectivity index (χ1v) is 6.52. The maximum absolute atomic E-state index is 5.66. The molecule has 1 heterocycles. The summed E-state index contributed by atoms with van der Waals surface area (Å²) in [6, 6.07) is 7.96. The van der Waals surface area contributed by atoms with Gasteiger partial charge in [-0.1, -0.05) is 25.5 Å². The van der Waals surface area contributed by atoms with Crippen molar-refractivity contribution in [2.45, 2.75) is 19.8 Å². The Morgan fingerprint density at radius 2 is 1.94 bits per heavy atom. The summed E-state index contributed by atoms with van der Waals surface area (Å²) in [6.07, 6.45) is 3.58. The predicted octanol–water partition coefficient (Wildman–Crippen LogP) is 3.57. The van der Waals surface area contributed by atoms with Crippen LogP contribution in [0.2, 0.25) is 0 Å². The number of hydrogen-bond donors (Lipinski definition) is 1. The zero-order valence-corrected chi connectivity index (χ0v) is 11.6. The lowest BCUT2D eigenvalue weighted by Gasteiger charge is -2.07. The molecule has 0 aliphatic rings. The Kier molecular flexibility index (Phi) is 4.15. The molecule has 4 nitrogen and oxygen atoms in total. The molecular formula is C13H14BrN3O. The first-order chi connectivity index (χ1) is 8.70. The zero-order valence-electron chi connectivity index (χ0n) is 10.1. The highest BCUT2D eigenvalue weighted by Crippen LogP contribution is 2.30. The fourth-order valence-electron chi connectivity index (χ4n) is 1.56. The number of nitrogen functional groups attached to an aromatic ring is 1. The molecule has 2 aromatic rings. The monoisotopic (exact) mass is 307 g/mol. The van der Waals surface area contributed by atoms with Gasteiger partial charge in [0.1, 0.15) is 22.4 Å². The van der Waals surface area contributed by atoms with Gasteiger partial charge in [0.05, 0.1) is 0 Å². The Bertz CT molecular complexity index is 528. The van der Waals surface area contributed by atoms with E-state index in [4.69, 9.17) is 10.5 Å². The summed E-state index contributed by atoms with van der Waals surface area (Å²) in [5, 5.41) is 0. The molecule has 94 valence electrons. The van der Waals surface area contributed by atoms with Crippen molar-refractivity contribution >= 4 is 21.7 Å². The van der Waals surface area contributed by atoms with Gasteiger partial charge in [-0.2, -0.15) is 0 Å². The second-order valence-electron chi connectivity index (χ2n) is 3.87. The van der Waals surface area contributed by atoms with Crippen LogP contribution in [0.1, 0.15) is 18.9 Å².